The molecule has 1 saturated carbocycles. The smallest absolute Gasteiger partial charge is 0.465 e. The number of likely N-dealkylation sites (tertiary alicyclic amines) is 1. The summed E-state index contributed by atoms with van der Waals surface area (Å²) >= 11 is 0. The molecule has 4 rings (SSSR count). The minimum atomic E-state index is -4.93. The number of rotatable bonds is 5. The van der Waals surface area contributed by atoms with Crippen molar-refractivity contribution in [3.8, 4) is 11.1 Å². The highest BCUT2D eigenvalue weighted by molar-refractivity contribution is 5.82. The SMILES string of the molecule is Cn1cc(-c2ccc(C3CC3N(CC3CCN(C(=O)O)CC3)C(=O)C(F)(F)F)cc2)cn1. The molecule has 0 bridgehead atoms. The maximum atomic E-state index is 13.3. The summed E-state index contributed by atoms with van der Waals surface area (Å²) in [4.78, 5) is 25.5. The number of piperidine rings is 1. The van der Waals surface area contributed by atoms with E-state index < -0.39 is 24.2 Å². The summed E-state index contributed by atoms with van der Waals surface area (Å²) in [5, 5.41) is 13.2. The first-order valence-electron chi connectivity index (χ1n) is 10.6. The van der Waals surface area contributed by atoms with Crippen molar-refractivity contribution < 1.29 is 27.9 Å². The Labute approximate surface area is 183 Å². The lowest BCUT2D eigenvalue weighted by Crippen LogP contribution is -2.47. The topological polar surface area (TPSA) is 78.7 Å². The first-order valence-corrected chi connectivity index (χ1v) is 10.6. The maximum Gasteiger partial charge on any atom is 0.471 e. The van der Waals surface area contributed by atoms with Gasteiger partial charge in [-0.2, -0.15) is 18.3 Å². The number of carbonyl (C=O) groups is 2. The molecule has 1 aliphatic carbocycles. The Hall–Kier alpha value is -3.04. The summed E-state index contributed by atoms with van der Waals surface area (Å²) in [6.45, 7) is 0.552. The van der Waals surface area contributed by atoms with E-state index in [1.54, 1.807) is 10.9 Å². The number of aryl methyl sites for hydroxylation is 1. The van der Waals surface area contributed by atoms with Crippen LogP contribution < -0.4 is 0 Å². The number of carbonyl (C=O) groups excluding carboxylic acids is 1. The number of hydrogen-bond acceptors (Lipinski definition) is 3. The zero-order chi connectivity index (χ0) is 23.0. The Balaban J connectivity index is 1.44. The molecule has 172 valence electrons. The van der Waals surface area contributed by atoms with Crippen LogP contribution in [-0.2, 0) is 11.8 Å². The number of aromatic nitrogens is 2. The maximum absolute atomic E-state index is 13.3. The van der Waals surface area contributed by atoms with Crippen molar-refractivity contribution >= 4 is 12.0 Å². The van der Waals surface area contributed by atoms with Crippen LogP contribution in [0, 0.1) is 5.92 Å². The summed E-state index contributed by atoms with van der Waals surface area (Å²) < 4.78 is 41.6. The molecule has 2 heterocycles. The second-order valence-corrected chi connectivity index (χ2v) is 8.60. The molecule has 7 nitrogen and oxygen atoms in total. The first kappa shape index (κ1) is 22.2. The number of nitrogens with zero attached hydrogens (tertiary/aromatic N) is 4. The predicted molar refractivity (Wildman–Crippen MR) is 110 cm³/mol. The Bertz CT molecular complexity index is 981. The largest absolute Gasteiger partial charge is 0.471 e. The minimum Gasteiger partial charge on any atom is -0.465 e. The van der Waals surface area contributed by atoms with Crippen molar-refractivity contribution in [3.05, 3.63) is 42.2 Å². The fourth-order valence-corrected chi connectivity index (χ4v) is 4.49. The molecule has 2 amide bonds. The Kier molecular flexibility index (Phi) is 5.87. The van der Waals surface area contributed by atoms with Crippen molar-refractivity contribution in [1.29, 1.82) is 0 Å². The van der Waals surface area contributed by atoms with E-state index in [0.29, 0.717) is 19.3 Å². The van der Waals surface area contributed by atoms with Gasteiger partial charge in [0.2, 0.25) is 0 Å². The van der Waals surface area contributed by atoms with Crippen LogP contribution in [0.1, 0.15) is 30.7 Å². The van der Waals surface area contributed by atoms with Crippen LogP contribution in [0.4, 0.5) is 18.0 Å². The number of hydrogen-bond donors (Lipinski definition) is 1. The highest BCUT2D eigenvalue weighted by atomic mass is 19.4. The van der Waals surface area contributed by atoms with Crippen LogP contribution in [0.15, 0.2) is 36.7 Å². The van der Waals surface area contributed by atoms with E-state index in [-0.39, 0.29) is 31.5 Å². The Morgan fingerprint density at radius 3 is 2.34 bits per heavy atom. The summed E-state index contributed by atoms with van der Waals surface area (Å²) in [6.07, 6.45) is -0.941. The van der Waals surface area contributed by atoms with Crippen LogP contribution in [0.25, 0.3) is 11.1 Å². The van der Waals surface area contributed by atoms with Crippen LogP contribution in [0.2, 0.25) is 0 Å². The number of halogens is 3. The van der Waals surface area contributed by atoms with Gasteiger partial charge in [-0.25, -0.2) is 4.79 Å². The molecular formula is C22H25F3N4O3. The standard InChI is InChI=1S/C22H25F3N4O3/c1-27-13-17(11-26-27)15-2-4-16(5-3-15)18-10-19(18)29(20(30)22(23,24)25)12-14-6-8-28(9-7-14)21(31)32/h2-5,11,13-14,18-19H,6-10,12H2,1H3,(H,31,32). The molecule has 1 aliphatic heterocycles. The zero-order valence-electron chi connectivity index (χ0n) is 17.6. The van der Waals surface area contributed by atoms with Gasteiger partial charge >= 0.3 is 18.2 Å². The molecule has 32 heavy (non-hydrogen) atoms. The molecule has 0 radical (unpaired) electrons. The second-order valence-electron chi connectivity index (χ2n) is 8.60. The lowest BCUT2D eigenvalue weighted by molar-refractivity contribution is -0.187. The molecule has 2 aliphatic rings. The third kappa shape index (κ3) is 4.73. The average molecular weight is 450 g/mol. The second kappa shape index (κ2) is 8.48. The first-order chi connectivity index (χ1) is 15.1. The van der Waals surface area contributed by atoms with E-state index in [2.05, 4.69) is 5.10 Å². The Morgan fingerprint density at radius 1 is 1.16 bits per heavy atom. The third-order valence-corrected chi connectivity index (χ3v) is 6.38. The van der Waals surface area contributed by atoms with Gasteiger partial charge in [-0.15, -0.1) is 0 Å². The van der Waals surface area contributed by atoms with E-state index in [1.165, 1.54) is 4.90 Å². The van der Waals surface area contributed by atoms with Gasteiger partial charge in [0.1, 0.15) is 0 Å². The molecular weight excluding hydrogens is 425 g/mol. The number of carboxylic acid groups (broad SMARTS) is 1. The van der Waals surface area contributed by atoms with Gasteiger partial charge in [0.25, 0.3) is 0 Å². The quantitative estimate of drug-likeness (QED) is 0.753. The van der Waals surface area contributed by atoms with Crippen molar-refractivity contribution in [2.24, 2.45) is 13.0 Å². The van der Waals surface area contributed by atoms with Crippen LogP contribution in [0.5, 0.6) is 0 Å². The van der Waals surface area contributed by atoms with Gasteiger partial charge in [0.15, 0.2) is 0 Å². The lowest BCUT2D eigenvalue weighted by Gasteiger charge is -2.34. The van der Waals surface area contributed by atoms with Crippen LogP contribution in [-0.4, -0.2) is 68.5 Å². The number of alkyl halides is 3. The minimum absolute atomic E-state index is 0.000732. The predicted octanol–water partition coefficient (Wildman–Crippen LogP) is 3.72. The fourth-order valence-electron chi connectivity index (χ4n) is 4.49. The number of benzene rings is 1. The van der Waals surface area contributed by atoms with Crippen molar-refractivity contribution in [2.45, 2.75) is 37.4 Å². The van der Waals surface area contributed by atoms with Crippen LogP contribution >= 0.6 is 0 Å². The molecule has 2 atom stereocenters. The monoisotopic (exact) mass is 450 g/mol. The lowest BCUT2D eigenvalue weighted by atomic mass is 9.96. The number of amides is 2. The van der Waals surface area contributed by atoms with Crippen molar-refractivity contribution in [1.82, 2.24) is 19.6 Å². The normalized spacial score (nSPS) is 21.4. The van der Waals surface area contributed by atoms with Gasteiger partial charge in [-0.3, -0.25) is 9.48 Å². The molecule has 0 spiro atoms. The molecule has 2 unspecified atom stereocenters. The molecule has 2 fully saturated rings. The third-order valence-electron chi connectivity index (χ3n) is 6.38. The van der Waals surface area contributed by atoms with E-state index in [9.17, 15) is 22.8 Å². The summed E-state index contributed by atoms with van der Waals surface area (Å²) in [6, 6.07) is 7.13. The summed E-state index contributed by atoms with van der Waals surface area (Å²) in [5.74, 6) is -2.09. The van der Waals surface area contributed by atoms with E-state index in [0.717, 1.165) is 21.6 Å². The molecule has 2 aromatic rings. The molecule has 1 aromatic carbocycles. The molecule has 1 aromatic heterocycles. The van der Waals surface area contributed by atoms with Gasteiger partial charge in [0.05, 0.1) is 6.20 Å². The Morgan fingerprint density at radius 2 is 1.81 bits per heavy atom. The van der Waals surface area contributed by atoms with Gasteiger partial charge in [-0.1, -0.05) is 24.3 Å². The van der Waals surface area contributed by atoms with Crippen molar-refractivity contribution in [3.63, 3.8) is 0 Å². The average Bonchev–Trinajstić information content (AvgIpc) is 3.43. The van der Waals surface area contributed by atoms with Gasteiger partial charge in [0, 0.05) is 50.4 Å². The molecule has 1 N–H and O–H groups in total. The summed E-state index contributed by atoms with van der Waals surface area (Å²) in [5.41, 5.74) is 2.82. The molecule has 1 saturated heterocycles. The molecule has 10 heteroatoms. The zero-order valence-corrected chi connectivity index (χ0v) is 17.6. The van der Waals surface area contributed by atoms with E-state index in [4.69, 9.17) is 5.11 Å². The van der Waals surface area contributed by atoms with E-state index in [1.807, 2.05) is 37.5 Å². The van der Waals surface area contributed by atoms with Crippen molar-refractivity contribution in [2.75, 3.05) is 19.6 Å². The fraction of sp³-hybridized carbons (Fsp3) is 0.500. The highest BCUT2D eigenvalue weighted by Gasteiger charge is 2.52. The van der Waals surface area contributed by atoms with E-state index >= 15 is 0 Å². The van der Waals surface area contributed by atoms with Gasteiger partial charge < -0.3 is 14.9 Å². The van der Waals surface area contributed by atoms with Gasteiger partial charge in [-0.05, 0) is 36.3 Å². The van der Waals surface area contributed by atoms with Crippen LogP contribution in [0.3, 0.4) is 0 Å². The highest BCUT2D eigenvalue weighted by Crippen LogP contribution is 2.46. The summed E-state index contributed by atoms with van der Waals surface area (Å²) in [7, 11) is 1.82.